The Morgan fingerprint density at radius 3 is 2.81 bits per heavy atom. The number of hydrogen-bond acceptors (Lipinski definition) is 9. The van der Waals surface area contributed by atoms with E-state index in [-0.39, 0.29) is 29.2 Å². The van der Waals surface area contributed by atoms with Gasteiger partial charge in [0.25, 0.3) is 0 Å². The summed E-state index contributed by atoms with van der Waals surface area (Å²) in [5.41, 5.74) is 0. The highest BCUT2D eigenvalue weighted by Gasteiger charge is 2.34. The van der Waals surface area contributed by atoms with Crippen LogP contribution in [0.5, 0.6) is 0 Å². The molecule has 0 saturated carbocycles. The van der Waals surface area contributed by atoms with Crippen molar-refractivity contribution in [1.29, 1.82) is 0 Å². The first-order chi connectivity index (χ1) is 13.0. The zero-order chi connectivity index (χ0) is 19.3. The third-order valence-electron chi connectivity index (χ3n) is 4.72. The van der Waals surface area contributed by atoms with Crippen LogP contribution in [-0.4, -0.2) is 85.6 Å². The number of anilines is 1. The van der Waals surface area contributed by atoms with E-state index < -0.39 is 9.84 Å². The minimum Gasteiger partial charge on any atom is -0.378 e. The van der Waals surface area contributed by atoms with Gasteiger partial charge in [-0.25, -0.2) is 8.42 Å². The van der Waals surface area contributed by atoms with Crippen LogP contribution in [0.25, 0.3) is 0 Å². The second kappa shape index (κ2) is 9.53. The quantitative estimate of drug-likeness (QED) is 0.565. The molecule has 27 heavy (non-hydrogen) atoms. The maximum atomic E-state index is 12.8. The second-order valence-corrected chi connectivity index (χ2v) is 11.1. The number of nitrogens with zero attached hydrogens (tertiary/aromatic N) is 4. The molecule has 1 aromatic heterocycles. The van der Waals surface area contributed by atoms with Gasteiger partial charge in [0.1, 0.15) is 0 Å². The SMILES string of the molecule is CCCCN(C(=O)CSc1nnc(N2CCOCC2)s1)C1CCS(=O)(=O)C1. The summed E-state index contributed by atoms with van der Waals surface area (Å²) in [5, 5.41) is 9.27. The van der Waals surface area contributed by atoms with Gasteiger partial charge in [0.15, 0.2) is 14.2 Å². The van der Waals surface area contributed by atoms with Gasteiger partial charge in [-0.05, 0) is 12.8 Å². The third-order valence-corrected chi connectivity index (χ3v) is 8.57. The number of unbranched alkanes of at least 4 members (excludes halogenated alkanes) is 1. The van der Waals surface area contributed by atoms with Crippen molar-refractivity contribution >= 4 is 44.0 Å². The van der Waals surface area contributed by atoms with Crippen LogP contribution >= 0.6 is 23.1 Å². The monoisotopic (exact) mass is 434 g/mol. The number of ether oxygens (including phenoxy) is 1. The summed E-state index contributed by atoms with van der Waals surface area (Å²) in [4.78, 5) is 16.7. The molecule has 0 spiro atoms. The molecule has 11 heteroatoms. The van der Waals surface area contributed by atoms with Crippen molar-refractivity contribution in [3.05, 3.63) is 0 Å². The summed E-state index contributed by atoms with van der Waals surface area (Å²) in [6.07, 6.45) is 2.39. The molecule has 2 saturated heterocycles. The minimum atomic E-state index is -3.01. The molecule has 2 aliphatic rings. The summed E-state index contributed by atoms with van der Waals surface area (Å²) in [6, 6.07) is -0.187. The van der Waals surface area contributed by atoms with Crippen LogP contribution in [0.1, 0.15) is 26.2 Å². The van der Waals surface area contributed by atoms with Crippen LogP contribution in [0.4, 0.5) is 5.13 Å². The molecule has 2 aliphatic heterocycles. The number of rotatable bonds is 8. The van der Waals surface area contributed by atoms with E-state index in [2.05, 4.69) is 22.0 Å². The average molecular weight is 435 g/mol. The number of hydrogen-bond donors (Lipinski definition) is 0. The lowest BCUT2D eigenvalue weighted by molar-refractivity contribution is -0.130. The number of carbonyl (C=O) groups is 1. The highest BCUT2D eigenvalue weighted by Crippen LogP contribution is 2.29. The van der Waals surface area contributed by atoms with E-state index in [4.69, 9.17) is 4.74 Å². The largest absolute Gasteiger partial charge is 0.378 e. The number of sulfone groups is 1. The highest BCUT2D eigenvalue weighted by atomic mass is 32.2. The van der Waals surface area contributed by atoms with Crippen molar-refractivity contribution in [2.75, 3.05) is 55.0 Å². The fourth-order valence-electron chi connectivity index (χ4n) is 3.21. The molecule has 2 fully saturated rings. The van der Waals surface area contributed by atoms with Crippen LogP contribution in [-0.2, 0) is 19.4 Å². The zero-order valence-corrected chi connectivity index (χ0v) is 18.0. The Morgan fingerprint density at radius 1 is 1.37 bits per heavy atom. The van der Waals surface area contributed by atoms with Crippen molar-refractivity contribution < 1.29 is 17.9 Å². The molecule has 3 heterocycles. The van der Waals surface area contributed by atoms with Crippen molar-refractivity contribution in [2.24, 2.45) is 0 Å². The van der Waals surface area contributed by atoms with Crippen molar-refractivity contribution in [2.45, 2.75) is 36.6 Å². The summed E-state index contributed by atoms with van der Waals surface area (Å²) in [6.45, 7) is 5.68. The molecule has 1 aromatic rings. The Morgan fingerprint density at radius 2 is 2.15 bits per heavy atom. The topological polar surface area (TPSA) is 92.7 Å². The predicted molar refractivity (Wildman–Crippen MR) is 107 cm³/mol. The van der Waals surface area contributed by atoms with Gasteiger partial charge in [0, 0.05) is 25.7 Å². The molecule has 8 nitrogen and oxygen atoms in total. The van der Waals surface area contributed by atoms with E-state index in [9.17, 15) is 13.2 Å². The molecule has 0 aromatic carbocycles. The van der Waals surface area contributed by atoms with Gasteiger partial charge < -0.3 is 14.5 Å². The zero-order valence-electron chi connectivity index (χ0n) is 15.5. The van der Waals surface area contributed by atoms with Crippen molar-refractivity contribution in [3.8, 4) is 0 Å². The lowest BCUT2D eigenvalue weighted by Crippen LogP contribution is -2.42. The molecule has 1 atom stereocenters. The Balaban J connectivity index is 1.56. The maximum absolute atomic E-state index is 12.8. The van der Waals surface area contributed by atoms with E-state index in [0.29, 0.717) is 26.2 Å². The molecular formula is C16H26N4O4S3. The van der Waals surface area contributed by atoms with E-state index in [1.807, 2.05) is 0 Å². The Labute approximate surface area is 168 Å². The molecule has 0 N–H and O–H groups in total. The van der Waals surface area contributed by atoms with Crippen LogP contribution in [0.3, 0.4) is 0 Å². The first-order valence-electron chi connectivity index (χ1n) is 9.27. The molecule has 1 unspecified atom stereocenters. The molecule has 0 bridgehead atoms. The van der Waals surface area contributed by atoms with Gasteiger partial charge in [0.2, 0.25) is 11.0 Å². The van der Waals surface area contributed by atoms with Gasteiger partial charge in [-0.2, -0.15) is 0 Å². The van der Waals surface area contributed by atoms with E-state index in [1.54, 1.807) is 4.90 Å². The summed E-state index contributed by atoms with van der Waals surface area (Å²) >= 11 is 2.87. The van der Waals surface area contributed by atoms with Crippen molar-refractivity contribution in [3.63, 3.8) is 0 Å². The van der Waals surface area contributed by atoms with Gasteiger partial charge >= 0.3 is 0 Å². The number of amides is 1. The van der Waals surface area contributed by atoms with Crippen LogP contribution in [0, 0.1) is 0 Å². The Hall–Kier alpha value is -0.910. The standard InChI is InChI=1S/C16H26N4O4S3/c1-2-3-5-20(13-4-10-27(22,23)12-13)14(21)11-25-16-18-17-15(26-16)19-6-8-24-9-7-19/h13H,2-12H2,1H3. The smallest absolute Gasteiger partial charge is 0.233 e. The van der Waals surface area contributed by atoms with Crippen molar-refractivity contribution in [1.82, 2.24) is 15.1 Å². The molecule has 0 aliphatic carbocycles. The Bertz CT molecular complexity index is 734. The highest BCUT2D eigenvalue weighted by molar-refractivity contribution is 8.01. The third kappa shape index (κ3) is 5.78. The molecule has 152 valence electrons. The lowest BCUT2D eigenvalue weighted by atomic mass is 10.2. The number of carbonyl (C=O) groups excluding carboxylic acids is 1. The van der Waals surface area contributed by atoms with E-state index in [0.717, 1.165) is 35.4 Å². The summed E-state index contributed by atoms with van der Waals surface area (Å²) in [5.74, 6) is 0.518. The van der Waals surface area contributed by atoms with Gasteiger partial charge in [-0.3, -0.25) is 4.79 Å². The minimum absolute atomic E-state index is 0.0151. The van der Waals surface area contributed by atoms with Gasteiger partial charge in [-0.15, -0.1) is 10.2 Å². The fraction of sp³-hybridized carbons (Fsp3) is 0.812. The lowest BCUT2D eigenvalue weighted by Gasteiger charge is -2.28. The van der Waals surface area contributed by atoms with E-state index >= 15 is 0 Å². The number of thioether (sulfide) groups is 1. The van der Waals surface area contributed by atoms with Crippen LogP contribution in [0.2, 0.25) is 0 Å². The van der Waals surface area contributed by atoms with E-state index in [1.165, 1.54) is 23.1 Å². The molecule has 0 radical (unpaired) electrons. The number of aromatic nitrogens is 2. The first kappa shape index (κ1) is 20.8. The van der Waals surface area contributed by atoms with Gasteiger partial charge in [-0.1, -0.05) is 36.4 Å². The Kier molecular flexibility index (Phi) is 7.35. The van der Waals surface area contributed by atoms with Crippen LogP contribution in [0.15, 0.2) is 4.34 Å². The molecule has 1 amide bonds. The normalized spacial score (nSPS) is 22.1. The molecule has 3 rings (SSSR count). The fourth-order valence-corrected chi connectivity index (χ4v) is 6.72. The average Bonchev–Trinajstić information content (AvgIpc) is 3.27. The van der Waals surface area contributed by atoms with Gasteiger partial charge in [0.05, 0.1) is 30.5 Å². The first-order valence-corrected chi connectivity index (χ1v) is 12.9. The summed E-state index contributed by atoms with van der Waals surface area (Å²) < 4.78 is 29.7. The maximum Gasteiger partial charge on any atom is 0.233 e. The second-order valence-electron chi connectivity index (χ2n) is 6.74. The summed E-state index contributed by atoms with van der Waals surface area (Å²) in [7, 11) is -3.01. The van der Waals surface area contributed by atoms with Crippen LogP contribution < -0.4 is 4.90 Å². The predicted octanol–water partition coefficient (Wildman–Crippen LogP) is 1.28. The molecular weight excluding hydrogens is 408 g/mol. The number of morpholine rings is 1.